The molecule has 1 aliphatic heterocycles. The smallest absolute Gasteiger partial charge is 0.348 e. The van der Waals surface area contributed by atoms with E-state index in [0.717, 1.165) is 56.4 Å². The van der Waals surface area contributed by atoms with Crippen LogP contribution in [0.5, 0.6) is 11.5 Å². The van der Waals surface area contributed by atoms with Gasteiger partial charge in [0.15, 0.2) is 11.5 Å². The van der Waals surface area contributed by atoms with Crippen LogP contribution in [0.2, 0.25) is 0 Å². The Bertz CT molecular complexity index is 1030. The van der Waals surface area contributed by atoms with E-state index in [0.29, 0.717) is 28.8 Å². The van der Waals surface area contributed by atoms with Crippen LogP contribution in [0, 0.1) is 0 Å². The Balaban J connectivity index is 1.46. The number of hydrogen-bond donors (Lipinski definition) is 1. The third-order valence-corrected chi connectivity index (χ3v) is 6.89. The van der Waals surface area contributed by atoms with Gasteiger partial charge in [0.25, 0.3) is 0 Å². The highest BCUT2D eigenvalue weighted by molar-refractivity contribution is 8.00. The highest BCUT2D eigenvalue weighted by Gasteiger charge is 2.24. The Morgan fingerprint density at radius 1 is 1.22 bits per heavy atom. The molecule has 4 rings (SSSR count). The number of rotatable bonds is 8. The summed E-state index contributed by atoms with van der Waals surface area (Å²) in [6.07, 6.45) is 5.99. The maximum Gasteiger partial charge on any atom is 0.348 e. The van der Waals surface area contributed by atoms with Crippen LogP contribution >= 0.6 is 11.8 Å². The molecule has 1 amide bonds. The summed E-state index contributed by atoms with van der Waals surface area (Å²) in [5, 5.41) is 3.55. The maximum absolute atomic E-state index is 12.8. The molecular formula is C23H29N3O5S. The van der Waals surface area contributed by atoms with Crippen LogP contribution < -0.4 is 20.5 Å². The van der Waals surface area contributed by atoms with Gasteiger partial charge in [-0.2, -0.15) is 4.98 Å². The van der Waals surface area contributed by atoms with Gasteiger partial charge in [-0.1, -0.05) is 11.8 Å². The molecule has 0 bridgehead atoms. The quantitative estimate of drug-likeness (QED) is 0.479. The number of methoxy groups -OCH3 is 2. The lowest BCUT2D eigenvalue weighted by Gasteiger charge is -2.24. The van der Waals surface area contributed by atoms with Gasteiger partial charge in [-0.05, 0) is 50.7 Å². The van der Waals surface area contributed by atoms with E-state index in [2.05, 4.69) is 10.3 Å². The van der Waals surface area contributed by atoms with Gasteiger partial charge in [0.05, 0.1) is 32.6 Å². The molecular weight excluding hydrogens is 430 g/mol. The van der Waals surface area contributed by atoms with E-state index in [4.69, 9.17) is 14.2 Å². The fraction of sp³-hybridized carbons (Fsp3) is 0.522. The summed E-state index contributed by atoms with van der Waals surface area (Å²) in [7, 11) is 3.12. The molecule has 1 fully saturated rings. The number of thioether (sulfide) groups is 1. The van der Waals surface area contributed by atoms with E-state index in [9.17, 15) is 9.59 Å². The Hall–Kier alpha value is -2.52. The zero-order valence-electron chi connectivity index (χ0n) is 18.5. The summed E-state index contributed by atoms with van der Waals surface area (Å²) in [6, 6.07) is 5.22. The molecule has 1 saturated heterocycles. The minimum Gasteiger partial charge on any atom is -0.493 e. The largest absolute Gasteiger partial charge is 0.493 e. The summed E-state index contributed by atoms with van der Waals surface area (Å²) < 4.78 is 18.1. The third kappa shape index (κ3) is 5.10. The molecule has 2 aromatic rings. The number of nitrogens with zero attached hydrogens (tertiary/aromatic N) is 2. The van der Waals surface area contributed by atoms with Crippen LogP contribution in [-0.2, 0) is 28.9 Å². The van der Waals surface area contributed by atoms with E-state index in [1.165, 1.54) is 11.8 Å². The molecule has 0 spiro atoms. The van der Waals surface area contributed by atoms with E-state index in [1.54, 1.807) is 37.0 Å². The number of carbonyl (C=O) groups excluding carboxylic acids is 1. The first-order chi connectivity index (χ1) is 15.6. The fourth-order valence-corrected chi connectivity index (χ4v) is 5.17. The van der Waals surface area contributed by atoms with Crippen molar-refractivity contribution in [3.63, 3.8) is 0 Å². The number of aromatic nitrogens is 2. The highest BCUT2D eigenvalue weighted by Crippen LogP contribution is 2.31. The third-order valence-electron chi connectivity index (χ3n) is 5.87. The SMILES string of the molecule is COc1ccc(NC(=O)CSc2nc(=O)n(CC3CCCO3)c3c2CCCC3)cc1OC. The van der Waals surface area contributed by atoms with Crippen LogP contribution in [-0.4, -0.2) is 48.1 Å². The van der Waals surface area contributed by atoms with Crippen molar-refractivity contribution in [2.75, 3.05) is 31.9 Å². The molecule has 0 radical (unpaired) electrons. The van der Waals surface area contributed by atoms with Crippen molar-refractivity contribution >= 4 is 23.4 Å². The number of amides is 1. The monoisotopic (exact) mass is 459 g/mol. The summed E-state index contributed by atoms with van der Waals surface area (Å²) in [6.45, 7) is 1.33. The predicted octanol–water partition coefficient (Wildman–Crippen LogP) is 3.05. The first-order valence-electron chi connectivity index (χ1n) is 11.0. The van der Waals surface area contributed by atoms with Gasteiger partial charge in [-0.25, -0.2) is 4.79 Å². The second kappa shape index (κ2) is 10.4. The van der Waals surface area contributed by atoms with Gasteiger partial charge >= 0.3 is 5.69 Å². The number of hydrogen-bond acceptors (Lipinski definition) is 7. The molecule has 1 unspecified atom stereocenters. The maximum atomic E-state index is 12.8. The molecule has 1 N–H and O–H groups in total. The van der Waals surface area contributed by atoms with Crippen molar-refractivity contribution in [2.45, 2.75) is 56.2 Å². The van der Waals surface area contributed by atoms with Crippen molar-refractivity contribution in [3.8, 4) is 11.5 Å². The van der Waals surface area contributed by atoms with Gasteiger partial charge in [0.2, 0.25) is 5.91 Å². The first kappa shape index (κ1) is 22.7. The van der Waals surface area contributed by atoms with Crippen LogP contribution in [0.1, 0.15) is 36.9 Å². The molecule has 32 heavy (non-hydrogen) atoms. The summed E-state index contributed by atoms with van der Waals surface area (Å²) in [5.41, 5.74) is 2.55. The summed E-state index contributed by atoms with van der Waals surface area (Å²) in [4.78, 5) is 29.7. The Morgan fingerprint density at radius 2 is 2.03 bits per heavy atom. The number of benzene rings is 1. The molecule has 1 aliphatic carbocycles. The molecule has 8 nitrogen and oxygen atoms in total. The van der Waals surface area contributed by atoms with Crippen molar-refractivity contribution in [3.05, 3.63) is 39.9 Å². The van der Waals surface area contributed by atoms with E-state index in [-0.39, 0.29) is 23.5 Å². The fourth-order valence-electron chi connectivity index (χ4n) is 4.29. The Kier molecular flexibility index (Phi) is 7.36. The Labute approximate surface area is 191 Å². The van der Waals surface area contributed by atoms with Crippen LogP contribution in [0.4, 0.5) is 5.69 Å². The highest BCUT2D eigenvalue weighted by atomic mass is 32.2. The van der Waals surface area contributed by atoms with Crippen LogP contribution in [0.25, 0.3) is 0 Å². The van der Waals surface area contributed by atoms with Crippen molar-refractivity contribution in [2.24, 2.45) is 0 Å². The van der Waals surface area contributed by atoms with Gasteiger partial charge in [0, 0.05) is 29.6 Å². The van der Waals surface area contributed by atoms with Gasteiger partial charge in [-0.15, -0.1) is 0 Å². The molecule has 9 heteroatoms. The molecule has 1 atom stereocenters. The molecule has 0 saturated carbocycles. The summed E-state index contributed by atoms with van der Waals surface area (Å²) >= 11 is 1.32. The lowest BCUT2D eigenvalue weighted by molar-refractivity contribution is -0.113. The molecule has 172 valence electrons. The minimum absolute atomic E-state index is 0.0892. The van der Waals surface area contributed by atoms with E-state index in [1.807, 2.05) is 0 Å². The standard InChI is InChI=1S/C23H29N3O5S/c1-29-19-10-9-15(12-20(19)30-2)24-21(27)14-32-22-17-7-3-4-8-18(17)26(23(28)25-22)13-16-6-5-11-31-16/h9-10,12,16H,3-8,11,13-14H2,1-2H3,(H,24,27). The van der Waals surface area contributed by atoms with E-state index >= 15 is 0 Å². The van der Waals surface area contributed by atoms with Crippen LogP contribution in [0.3, 0.4) is 0 Å². The first-order valence-corrected chi connectivity index (χ1v) is 12.0. The van der Waals surface area contributed by atoms with E-state index < -0.39 is 0 Å². The zero-order chi connectivity index (χ0) is 22.5. The van der Waals surface area contributed by atoms with Crippen LogP contribution in [0.15, 0.2) is 28.0 Å². The average Bonchev–Trinajstić information content (AvgIpc) is 3.33. The number of nitrogens with one attached hydrogen (secondary N) is 1. The number of ether oxygens (including phenoxy) is 3. The topological polar surface area (TPSA) is 91.7 Å². The number of anilines is 1. The Morgan fingerprint density at radius 3 is 2.78 bits per heavy atom. The predicted molar refractivity (Wildman–Crippen MR) is 123 cm³/mol. The van der Waals surface area contributed by atoms with Crippen molar-refractivity contribution in [1.29, 1.82) is 0 Å². The van der Waals surface area contributed by atoms with Gasteiger partial charge < -0.3 is 19.5 Å². The second-order valence-corrected chi connectivity index (χ2v) is 8.95. The lowest BCUT2D eigenvalue weighted by atomic mass is 9.97. The number of carbonyl (C=O) groups is 1. The molecule has 1 aromatic carbocycles. The molecule has 2 aliphatic rings. The van der Waals surface area contributed by atoms with Gasteiger partial charge in [0.1, 0.15) is 5.03 Å². The minimum atomic E-state index is -0.246. The zero-order valence-corrected chi connectivity index (χ0v) is 19.3. The van der Waals surface area contributed by atoms with Gasteiger partial charge in [-0.3, -0.25) is 9.36 Å². The molecule has 1 aromatic heterocycles. The van der Waals surface area contributed by atoms with Crippen molar-refractivity contribution in [1.82, 2.24) is 9.55 Å². The average molecular weight is 460 g/mol. The van der Waals surface area contributed by atoms with Crippen molar-refractivity contribution < 1.29 is 19.0 Å². The summed E-state index contributed by atoms with van der Waals surface area (Å²) in [5.74, 6) is 1.14. The normalized spacial score (nSPS) is 17.6. The lowest BCUT2D eigenvalue weighted by Crippen LogP contribution is -2.34. The second-order valence-electron chi connectivity index (χ2n) is 7.98. The number of fused-ring (bicyclic) bond motifs is 1. The molecule has 2 heterocycles.